The molecule has 2 unspecified atom stereocenters. The molecule has 4 N–H and O–H groups in total. The molecule has 2 atom stereocenters. The summed E-state index contributed by atoms with van der Waals surface area (Å²) in [7, 11) is 0. The van der Waals surface area contributed by atoms with Crippen LogP contribution in [0.2, 0.25) is 0 Å². The van der Waals surface area contributed by atoms with Crippen molar-refractivity contribution in [3.05, 3.63) is 18.2 Å². The van der Waals surface area contributed by atoms with E-state index in [1.54, 1.807) is 0 Å². The fourth-order valence-electron chi connectivity index (χ4n) is 2.40. The molecule has 4 heteroatoms. The molecule has 0 aliphatic heterocycles. The van der Waals surface area contributed by atoms with Gasteiger partial charge in [-0.3, -0.25) is 0 Å². The van der Waals surface area contributed by atoms with E-state index in [-0.39, 0.29) is 12.1 Å². The molecule has 18 heavy (non-hydrogen) atoms. The van der Waals surface area contributed by atoms with Crippen LogP contribution < -0.4 is 15.8 Å². The summed E-state index contributed by atoms with van der Waals surface area (Å²) in [6.45, 7) is 2.53. The minimum Gasteiger partial charge on any atom is -0.492 e. The van der Waals surface area contributed by atoms with Crippen LogP contribution in [0.25, 0.3) is 0 Å². The average molecular weight is 250 g/mol. The lowest BCUT2D eigenvalue weighted by atomic mass is 9.92. The van der Waals surface area contributed by atoms with Crippen LogP contribution in [-0.2, 0) is 0 Å². The van der Waals surface area contributed by atoms with Gasteiger partial charge in [-0.25, -0.2) is 0 Å². The van der Waals surface area contributed by atoms with Gasteiger partial charge in [-0.05, 0) is 31.9 Å². The van der Waals surface area contributed by atoms with Crippen molar-refractivity contribution in [1.29, 1.82) is 0 Å². The lowest BCUT2D eigenvalue weighted by Gasteiger charge is -2.29. The largest absolute Gasteiger partial charge is 0.492 e. The lowest BCUT2D eigenvalue weighted by molar-refractivity contribution is 0.116. The van der Waals surface area contributed by atoms with Crippen molar-refractivity contribution >= 4 is 11.4 Å². The molecule has 0 amide bonds. The molecule has 2 rings (SSSR count). The van der Waals surface area contributed by atoms with Gasteiger partial charge >= 0.3 is 0 Å². The van der Waals surface area contributed by atoms with Crippen molar-refractivity contribution in [1.82, 2.24) is 0 Å². The van der Waals surface area contributed by atoms with Gasteiger partial charge in [0.2, 0.25) is 0 Å². The van der Waals surface area contributed by atoms with Crippen LogP contribution in [0.3, 0.4) is 0 Å². The van der Waals surface area contributed by atoms with Crippen LogP contribution in [-0.4, -0.2) is 23.9 Å². The fraction of sp³-hybridized carbons (Fsp3) is 0.571. The van der Waals surface area contributed by atoms with Crippen LogP contribution in [0.4, 0.5) is 11.4 Å². The lowest BCUT2D eigenvalue weighted by Crippen LogP contribution is -2.36. The highest BCUT2D eigenvalue weighted by molar-refractivity contribution is 5.61. The highest BCUT2D eigenvalue weighted by Gasteiger charge is 2.22. The predicted molar refractivity (Wildman–Crippen MR) is 73.9 cm³/mol. The zero-order valence-electron chi connectivity index (χ0n) is 10.9. The highest BCUT2D eigenvalue weighted by Crippen LogP contribution is 2.28. The summed E-state index contributed by atoms with van der Waals surface area (Å²) in [6.07, 6.45) is 3.92. The highest BCUT2D eigenvalue weighted by atomic mass is 16.5. The summed E-state index contributed by atoms with van der Waals surface area (Å²) in [5.74, 6) is 0.702. The van der Waals surface area contributed by atoms with Crippen molar-refractivity contribution in [2.24, 2.45) is 0 Å². The minimum atomic E-state index is -0.258. The zero-order valence-corrected chi connectivity index (χ0v) is 10.9. The first kappa shape index (κ1) is 13.0. The van der Waals surface area contributed by atoms with Gasteiger partial charge in [0.15, 0.2) is 0 Å². The molecule has 1 fully saturated rings. The normalized spacial score (nSPS) is 23.7. The van der Waals surface area contributed by atoms with E-state index in [9.17, 15) is 5.11 Å². The third kappa shape index (κ3) is 3.07. The number of rotatable bonds is 4. The standard InChI is InChI=1S/C14H22N2O2/c1-2-18-14-9-10(7-8-11(14)15)16-12-5-3-4-6-13(12)17/h7-9,12-13,16-17H,2-6,15H2,1H3. The van der Waals surface area contributed by atoms with E-state index < -0.39 is 0 Å². The number of hydrogen-bond donors (Lipinski definition) is 3. The van der Waals surface area contributed by atoms with E-state index in [0.717, 1.165) is 24.9 Å². The molecule has 0 saturated heterocycles. The van der Waals surface area contributed by atoms with Crippen LogP contribution in [0.15, 0.2) is 18.2 Å². The van der Waals surface area contributed by atoms with E-state index in [1.165, 1.54) is 6.42 Å². The number of ether oxygens (including phenoxy) is 1. The Morgan fingerprint density at radius 1 is 1.39 bits per heavy atom. The molecule has 1 aromatic rings. The third-order valence-electron chi connectivity index (χ3n) is 3.39. The molecular formula is C14H22N2O2. The molecule has 0 spiro atoms. The molecule has 1 aliphatic rings. The van der Waals surface area contributed by atoms with E-state index in [1.807, 2.05) is 25.1 Å². The monoisotopic (exact) mass is 250 g/mol. The predicted octanol–water partition coefficient (Wildman–Crippen LogP) is 2.38. The van der Waals surface area contributed by atoms with Crippen LogP contribution in [0, 0.1) is 0 Å². The van der Waals surface area contributed by atoms with Crippen molar-refractivity contribution in [2.45, 2.75) is 44.8 Å². The van der Waals surface area contributed by atoms with E-state index in [2.05, 4.69) is 5.32 Å². The van der Waals surface area contributed by atoms with Crippen molar-refractivity contribution in [3.63, 3.8) is 0 Å². The smallest absolute Gasteiger partial charge is 0.144 e. The Morgan fingerprint density at radius 3 is 2.89 bits per heavy atom. The summed E-state index contributed by atoms with van der Waals surface area (Å²) < 4.78 is 5.47. The summed E-state index contributed by atoms with van der Waals surface area (Å²) in [5, 5.41) is 13.3. The Morgan fingerprint density at radius 2 is 2.17 bits per heavy atom. The topological polar surface area (TPSA) is 67.5 Å². The maximum atomic E-state index is 9.94. The molecule has 4 nitrogen and oxygen atoms in total. The van der Waals surface area contributed by atoms with Crippen molar-refractivity contribution in [2.75, 3.05) is 17.7 Å². The Balaban J connectivity index is 2.06. The average Bonchev–Trinajstić information content (AvgIpc) is 2.36. The molecular weight excluding hydrogens is 228 g/mol. The van der Waals surface area contributed by atoms with Crippen LogP contribution in [0.1, 0.15) is 32.6 Å². The van der Waals surface area contributed by atoms with Gasteiger partial charge in [0.1, 0.15) is 5.75 Å². The Bertz CT molecular complexity index is 395. The first-order valence-electron chi connectivity index (χ1n) is 6.67. The summed E-state index contributed by atoms with van der Waals surface area (Å²) in [5.41, 5.74) is 7.44. The number of aliphatic hydroxyl groups excluding tert-OH is 1. The number of nitrogen functional groups attached to an aromatic ring is 1. The molecule has 100 valence electrons. The summed E-state index contributed by atoms with van der Waals surface area (Å²) in [6, 6.07) is 5.80. The molecule has 1 aliphatic carbocycles. The van der Waals surface area contributed by atoms with Crippen molar-refractivity contribution < 1.29 is 9.84 Å². The number of nitrogens with one attached hydrogen (secondary N) is 1. The molecule has 0 aromatic heterocycles. The first-order valence-corrected chi connectivity index (χ1v) is 6.67. The number of nitrogens with two attached hydrogens (primary N) is 1. The fourth-order valence-corrected chi connectivity index (χ4v) is 2.40. The third-order valence-corrected chi connectivity index (χ3v) is 3.39. The maximum absolute atomic E-state index is 9.94. The quantitative estimate of drug-likeness (QED) is 0.718. The molecule has 1 saturated carbocycles. The Labute approximate surface area is 108 Å². The van der Waals surface area contributed by atoms with Gasteiger partial charge in [0.25, 0.3) is 0 Å². The number of benzene rings is 1. The Hall–Kier alpha value is -1.42. The number of aliphatic hydroxyl groups is 1. The second kappa shape index (κ2) is 5.96. The second-order valence-electron chi connectivity index (χ2n) is 4.79. The zero-order chi connectivity index (χ0) is 13.0. The molecule has 0 radical (unpaired) electrons. The van der Waals surface area contributed by atoms with E-state index in [4.69, 9.17) is 10.5 Å². The first-order chi connectivity index (χ1) is 8.70. The summed E-state index contributed by atoms with van der Waals surface area (Å²) >= 11 is 0. The van der Waals surface area contributed by atoms with Crippen LogP contribution >= 0.6 is 0 Å². The molecule has 0 heterocycles. The van der Waals surface area contributed by atoms with E-state index in [0.29, 0.717) is 18.0 Å². The Kier molecular flexibility index (Phi) is 4.31. The van der Waals surface area contributed by atoms with Gasteiger partial charge < -0.3 is 20.9 Å². The van der Waals surface area contributed by atoms with Gasteiger partial charge in [-0.15, -0.1) is 0 Å². The minimum absolute atomic E-state index is 0.136. The SMILES string of the molecule is CCOc1cc(NC2CCCCC2O)ccc1N. The van der Waals surface area contributed by atoms with Gasteiger partial charge in [0.05, 0.1) is 24.4 Å². The number of anilines is 2. The van der Waals surface area contributed by atoms with E-state index >= 15 is 0 Å². The van der Waals surface area contributed by atoms with Gasteiger partial charge in [-0.1, -0.05) is 12.8 Å². The number of hydrogen-bond acceptors (Lipinski definition) is 4. The van der Waals surface area contributed by atoms with Crippen LogP contribution in [0.5, 0.6) is 5.75 Å². The molecule has 1 aromatic carbocycles. The summed E-state index contributed by atoms with van der Waals surface area (Å²) in [4.78, 5) is 0. The second-order valence-corrected chi connectivity index (χ2v) is 4.79. The molecule has 0 bridgehead atoms. The van der Waals surface area contributed by atoms with Crippen molar-refractivity contribution in [3.8, 4) is 5.75 Å². The van der Waals surface area contributed by atoms with Gasteiger partial charge in [-0.2, -0.15) is 0 Å². The van der Waals surface area contributed by atoms with Gasteiger partial charge in [0, 0.05) is 11.8 Å². The maximum Gasteiger partial charge on any atom is 0.144 e.